The number of rotatable bonds is 5. The molecule has 7 heteroatoms. The van der Waals surface area contributed by atoms with Crippen molar-refractivity contribution in [1.29, 1.82) is 5.41 Å². The molecule has 2 amide bonds. The first-order chi connectivity index (χ1) is 15.0. The molecule has 0 bridgehead atoms. The Hall–Kier alpha value is -3.61. The SMILES string of the molecule is COc1ccccc1C(=O)N1CCC2(CCN(c3ccc(/C(C=N)=C/N)cc3)C2=O)C1. The Labute approximate surface area is 181 Å². The van der Waals surface area contributed by atoms with Crippen LogP contribution in [0.1, 0.15) is 28.8 Å². The van der Waals surface area contributed by atoms with E-state index in [9.17, 15) is 9.59 Å². The van der Waals surface area contributed by atoms with Gasteiger partial charge in [-0.05, 0) is 42.7 Å². The number of nitrogens with two attached hydrogens (primary N) is 1. The molecule has 4 rings (SSSR count). The third-order valence-electron chi connectivity index (χ3n) is 6.34. The van der Waals surface area contributed by atoms with Crippen molar-refractivity contribution in [2.24, 2.45) is 11.1 Å². The van der Waals surface area contributed by atoms with Crippen molar-refractivity contribution in [3.8, 4) is 5.75 Å². The van der Waals surface area contributed by atoms with Crippen LogP contribution in [0.2, 0.25) is 0 Å². The van der Waals surface area contributed by atoms with Gasteiger partial charge < -0.3 is 25.7 Å². The molecule has 1 unspecified atom stereocenters. The van der Waals surface area contributed by atoms with Crippen LogP contribution < -0.4 is 15.4 Å². The van der Waals surface area contributed by atoms with Crippen molar-refractivity contribution >= 4 is 29.3 Å². The zero-order chi connectivity index (χ0) is 22.0. The summed E-state index contributed by atoms with van der Waals surface area (Å²) < 4.78 is 5.33. The van der Waals surface area contributed by atoms with Crippen LogP contribution in [0.15, 0.2) is 54.7 Å². The highest BCUT2D eigenvalue weighted by Gasteiger charge is 2.52. The summed E-state index contributed by atoms with van der Waals surface area (Å²) in [6.07, 6.45) is 3.98. The fourth-order valence-corrected chi connectivity index (χ4v) is 4.54. The van der Waals surface area contributed by atoms with Gasteiger partial charge in [0.05, 0.1) is 18.1 Å². The molecule has 0 aromatic heterocycles. The van der Waals surface area contributed by atoms with Crippen LogP contribution in [-0.2, 0) is 4.79 Å². The standard InChI is InChI=1S/C24H26N4O3/c1-31-21-5-3-2-4-20(21)22(29)27-12-10-24(16-27)11-13-28(23(24)30)19-8-6-17(7-9-19)18(14-25)15-26/h2-9,14-15,25H,10-13,16,26H2,1H3/b18-15+,25-14?. The minimum Gasteiger partial charge on any atom is -0.496 e. The summed E-state index contributed by atoms with van der Waals surface area (Å²) in [5.74, 6) is 0.513. The van der Waals surface area contributed by atoms with Gasteiger partial charge >= 0.3 is 0 Å². The lowest BCUT2D eigenvalue weighted by molar-refractivity contribution is -0.124. The molecule has 2 saturated heterocycles. The molecule has 3 N–H and O–H groups in total. The third kappa shape index (κ3) is 3.56. The lowest BCUT2D eigenvalue weighted by Crippen LogP contribution is -2.38. The third-order valence-corrected chi connectivity index (χ3v) is 6.34. The van der Waals surface area contributed by atoms with E-state index in [4.69, 9.17) is 15.9 Å². The summed E-state index contributed by atoms with van der Waals surface area (Å²) in [5, 5.41) is 7.42. The van der Waals surface area contributed by atoms with Crippen LogP contribution in [0.5, 0.6) is 5.75 Å². The topological polar surface area (TPSA) is 99.7 Å². The Kier molecular flexibility index (Phi) is 5.50. The second kappa shape index (κ2) is 8.26. The molecule has 2 aliphatic heterocycles. The summed E-state index contributed by atoms with van der Waals surface area (Å²) in [4.78, 5) is 30.0. The number of nitrogens with zero attached hydrogens (tertiary/aromatic N) is 2. The number of nitrogens with one attached hydrogen (secondary N) is 1. The van der Waals surface area contributed by atoms with Crippen molar-refractivity contribution in [2.75, 3.05) is 31.6 Å². The number of benzene rings is 2. The second-order valence-corrected chi connectivity index (χ2v) is 7.98. The molecule has 31 heavy (non-hydrogen) atoms. The van der Waals surface area contributed by atoms with Gasteiger partial charge in [-0.3, -0.25) is 9.59 Å². The first kappa shape index (κ1) is 20.7. The maximum Gasteiger partial charge on any atom is 0.257 e. The predicted octanol–water partition coefficient (Wildman–Crippen LogP) is 2.91. The van der Waals surface area contributed by atoms with E-state index >= 15 is 0 Å². The number of hydrogen-bond donors (Lipinski definition) is 2. The average molecular weight is 418 g/mol. The van der Waals surface area contributed by atoms with Gasteiger partial charge in [0.1, 0.15) is 5.75 Å². The number of carbonyl (C=O) groups excluding carboxylic acids is 2. The van der Waals surface area contributed by atoms with Gasteiger partial charge in [-0.2, -0.15) is 0 Å². The number of anilines is 1. The fourth-order valence-electron chi connectivity index (χ4n) is 4.54. The predicted molar refractivity (Wildman–Crippen MR) is 120 cm³/mol. The van der Waals surface area contributed by atoms with Crippen LogP contribution >= 0.6 is 0 Å². The molecule has 0 radical (unpaired) electrons. The molecule has 2 heterocycles. The fraction of sp³-hybridized carbons (Fsp3) is 0.292. The number of hydrogen-bond acceptors (Lipinski definition) is 5. The van der Waals surface area contributed by atoms with Gasteiger partial charge in [-0.25, -0.2) is 0 Å². The minimum absolute atomic E-state index is 0.0669. The van der Waals surface area contributed by atoms with Crippen molar-refractivity contribution < 1.29 is 14.3 Å². The van der Waals surface area contributed by atoms with Gasteiger partial charge in [-0.15, -0.1) is 0 Å². The Bertz CT molecular complexity index is 1050. The summed E-state index contributed by atoms with van der Waals surface area (Å²) in [6.45, 7) is 1.60. The van der Waals surface area contributed by atoms with E-state index < -0.39 is 5.41 Å². The number of carbonyl (C=O) groups is 2. The maximum atomic E-state index is 13.4. The van der Waals surface area contributed by atoms with Crippen LogP contribution in [0.4, 0.5) is 5.69 Å². The van der Waals surface area contributed by atoms with E-state index in [1.54, 1.807) is 29.0 Å². The Morgan fingerprint density at radius 2 is 1.84 bits per heavy atom. The number of para-hydroxylation sites is 1. The van der Waals surface area contributed by atoms with E-state index in [0.29, 0.717) is 42.9 Å². The lowest BCUT2D eigenvalue weighted by atomic mass is 9.85. The van der Waals surface area contributed by atoms with Crippen molar-refractivity contribution in [1.82, 2.24) is 4.90 Å². The number of amides is 2. The van der Waals surface area contributed by atoms with Crippen LogP contribution in [0.3, 0.4) is 0 Å². The summed E-state index contributed by atoms with van der Waals surface area (Å²) >= 11 is 0. The molecule has 2 fully saturated rings. The quantitative estimate of drug-likeness (QED) is 0.729. The second-order valence-electron chi connectivity index (χ2n) is 7.98. The Balaban J connectivity index is 1.50. The molecule has 0 saturated carbocycles. The van der Waals surface area contributed by atoms with E-state index in [1.165, 1.54) is 12.4 Å². The van der Waals surface area contributed by atoms with Gasteiger partial charge in [0.15, 0.2) is 0 Å². The summed E-state index contributed by atoms with van der Waals surface area (Å²) in [7, 11) is 1.55. The van der Waals surface area contributed by atoms with Gasteiger partial charge in [-0.1, -0.05) is 24.3 Å². The van der Waals surface area contributed by atoms with E-state index in [1.807, 2.05) is 36.4 Å². The minimum atomic E-state index is -0.534. The molecule has 1 spiro atoms. The van der Waals surface area contributed by atoms with Gasteiger partial charge in [0.25, 0.3) is 5.91 Å². The molecule has 7 nitrogen and oxygen atoms in total. The summed E-state index contributed by atoms with van der Waals surface area (Å²) in [5.41, 5.74) is 7.82. The van der Waals surface area contributed by atoms with Crippen molar-refractivity contribution in [3.63, 3.8) is 0 Å². The highest BCUT2D eigenvalue weighted by Crippen LogP contribution is 2.43. The van der Waals surface area contributed by atoms with Crippen molar-refractivity contribution in [3.05, 3.63) is 65.9 Å². The molecular formula is C24H26N4O3. The zero-order valence-electron chi connectivity index (χ0n) is 17.5. The van der Waals surface area contributed by atoms with Crippen LogP contribution in [0, 0.1) is 10.8 Å². The Morgan fingerprint density at radius 3 is 2.52 bits per heavy atom. The first-order valence-corrected chi connectivity index (χ1v) is 10.3. The number of allylic oxidation sites excluding steroid dienone is 1. The van der Waals surface area contributed by atoms with Gasteiger partial charge in [0, 0.05) is 43.3 Å². The summed E-state index contributed by atoms with van der Waals surface area (Å²) in [6, 6.07) is 14.7. The molecule has 160 valence electrons. The van der Waals surface area contributed by atoms with E-state index in [0.717, 1.165) is 17.7 Å². The largest absolute Gasteiger partial charge is 0.496 e. The number of ether oxygens (including phenoxy) is 1. The molecule has 2 aliphatic rings. The van der Waals surface area contributed by atoms with Crippen LogP contribution in [-0.4, -0.2) is 49.7 Å². The molecule has 2 aromatic rings. The van der Waals surface area contributed by atoms with E-state index in [-0.39, 0.29) is 11.8 Å². The Morgan fingerprint density at radius 1 is 1.13 bits per heavy atom. The van der Waals surface area contributed by atoms with Crippen LogP contribution in [0.25, 0.3) is 5.57 Å². The maximum absolute atomic E-state index is 13.4. The highest BCUT2D eigenvalue weighted by atomic mass is 16.5. The molecule has 2 aromatic carbocycles. The number of likely N-dealkylation sites (tertiary alicyclic amines) is 1. The number of methoxy groups -OCH3 is 1. The van der Waals surface area contributed by atoms with E-state index in [2.05, 4.69) is 0 Å². The van der Waals surface area contributed by atoms with Gasteiger partial charge in [0.2, 0.25) is 5.91 Å². The normalized spacial score (nSPS) is 21.1. The highest BCUT2D eigenvalue weighted by molar-refractivity contribution is 6.08. The smallest absolute Gasteiger partial charge is 0.257 e. The first-order valence-electron chi connectivity index (χ1n) is 10.3. The average Bonchev–Trinajstić information content (AvgIpc) is 3.39. The lowest BCUT2D eigenvalue weighted by Gasteiger charge is -2.24. The van der Waals surface area contributed by atoms with Crippen molar-refractivity contribution in [2.45, 2.75) is 12.8 Å². The monoisotopic (exact) mass is 418 g/mol. The molecular weight excluding hydrogens is 392 g/mol. The molecule has 0 aliphatic carbocycles. The zero-order valence-corrected chi connectivity index (χ0v) is 17.5. The molecule has 1 atom stereocenters.